The van der Waals surface area contributed by atoms with Gasteiger partial charge in [0.2, 0.25) is 11.8 Å². The standard InChI is InChI=1S/C14H7F6N/c1-6-2-4-7(5-3-6)21-14(20)8-9(15)11(17)13(19)12(18)10(8)16/h2-5H,1H3. The average Bonchev–Trinajstić information content (AvgIpc) is 2.46. The Labute approximate surface area is 115 Å². The fourth-order valence-electron chi connectivity index (χ4n) is 1.57. The molecule has 0 fully saturated rings. The van der Waals surface area contributed by atoms with Crippen LogP contribution in [-0.4, -0.2) is 5.97 Å². The number of nitrogens with zero attached hydrogens (tertiary/aromatic N) is 1. The van der Waals surface area contributed by atoms with Crippen molar-refractivity contribution < 1.29 is 26.3 Å². The normalized spacial score (nSPS) is 11.9. The van der Waals surface area contributed by atoms with E-state index in [0.717, 1.165) is 5.56 Å². The molecule has 0 amide bonds. The molecular weight excluding hydrogens is 296 g/mol. The molecule has 0 unspecified atom stereocenters. The first-order valence-electron chi connectivity index (χ1n) is 5.65. The Hall–Kier alpha value is -2.31. The Balaban J connectivity index is 2.58. The molecule has 0 aliphatic carbocycles. The molecule has 0 atom stereocenters. The molecule has 0 N–H and O–H groups in total. The summed E-state index contributed by atoms with van der Waals surface area (Å²) in [5.74, 6) is -13.1. The minimum Gasteiger partial charge on any atom is -0.220 e. The number of aryl methyl sites for hydroxylation is 1. The minimum atomic E-state index is -2.35. The zero-order valence-electron chi connectivity index (χ0n) is 10.5. The summed E-state index contributed by atoms with van der Waals surface area (Å²) in [5, 5.41) is 0. The summed E-state index contributed by atoms with van der Waals surface area (Å²) in [4.78, 5) is 3.22. The third-order valence-corrected chi connectivity index (χ3v) is 2.68. The van der Waals surface area contributed by atoms with E-state index >= 15 is 0 Å². The van der Waals surface area contributed by atoms with Gasteiger partial charge in [-0.3, -0.25) is 0 Å². The van der Waals surface area contributed by atoms with Crippen molar-refractivity contribution in [1.29, 1.82) is 0 Å². The highest BCUT2D eigenvalue weighted by atomic mass is 19.2. The van der Waals surface area contributed by atoms with E-state index in [2.05, 4.69) is 4.99 Å². The van der Waals surface area contributed by atoms with Crippen molar-refractivity contribution in [2.45, 2.75) is 6.92 Å². The molecule has 2 aromatic rings. The third-order valence-electron chi connectivity index (χ3n) is 2.68. The SMILES string of the molecule is Cc1ccc(N=C(F)c2c(F)c(F)c(F)c(F)c2F)cc1. The molecule has 0 saturated heterocycles. The van der Waals surface area contributed by atoms with E-state index in [1.54, 1.807) is 19.1 Å². The lowest BCUT2D eigenvalue weighted by atomic mass is 10.1. The van der Waals surface area contributed by atoms with Crippen LogP contribution in [0.1, 0.15) is 11.1 Å². The summed E-state index contributed by atoms with van der Waals surface area (Å²) in [6.45, 7) is 1.74. The third kappa shape index (κ3) is 2.76. The van der Waals surface area contributed by atoms with Crippen molar-refractivity contribution in [3.05, 3.63) is 64.5 Å². The first-order chi connectivity index (χ1) is 9.82. The predicted molar refractivity (Wildman–Crippen MR) is 64.7 cm³/mol. The summed E-state index contributed by atoms with van der Waals surface area (Å²) in [7, 11) is 0. The molecule has 0 aliphatic heterocycles. The zero-order chi connectivity index (χ0) is 15.7. The van der Waals surface area contributed by atoms with Gasteiger partial charge in [0.05, 0.1) is 5.69 Å². The molecule has 110 valence electrons. The number of hydrogen-bond acceptors (Lipinski definition) is 1. The lowest BCUT2D eigenvalue weighted by molar-refractivity contribution is 0.376. The number of aliphatic imine (C=N–C) groups is 1. The van der Waals surface area contributed by atoms with Gasteiger partial charge in [-0.2, -0.15) is 4.39 Å². The van der Waals surface area contributed by atoms with Gasteiger partial charge in [0, 0.05) is 0 Å². The second-order valence-corrected chi connectivity index (χ2v) is 4.18. The van der Waals surface area contributed by atoms with Crippen molar-refractivity contribution in [2.24, 2.45) is 4.99 Å². The summed E-state index contributed by atoms with van der Waals surface area (Å²) < 4.78 is 79.3. The van der Waals surface area contributed by atoms with Gasteiger partial charge in [-0.05, 0) is 19.1 Å². The van der Waals surface area contributed by atoms with E-state index in [9.17, 15) is 26.3 Å². The molecule has 1 nitrogen and oxygen atoms in total. The molecule has 2 aromatic carbocycles. The van der Waals surface area contributed by atoms with E-state index in [0.29, 0.717) is 0 Å². The molecule has 7 heteroatoms. The van der Waals surface area contributed by atoms with Crippen LogP contribution in [0.2, 0.25) is 0 Å². The molecule has 0 spiro atoms. The average molecular weight is 303 g/mol. The highest BCUT2D eigenvalue weighted by Crippen LogP contribution is 2.25. The maximum Gasteiger partial charge on any atom is 0.226 e. The lowest BCUT2D eigenvalue weighted by Gasteiger charge is -2.05. The smallest absolute Gasteiger partial charge is 0.220 e. The van der Waals surface area contributed by atoms with Gasteiger partial charge in [0.1, 0.15) is 5.56 Å². The van der Waals surface area contributed by atoms with Gasteiger partial charge in [-0.25, -0.2) is 26.9 Å². The van der Waals surface area contributed by atoms with E-state index in [-0.39, 0.29) is 5.69 Å². The quantitative estimate of drug-likeness (QED) is 0.329. The van der Waals surface area contributed by atoms with Gasteiger partial charge in [0.25, 0.3) is 0 Å². The van der Waals surface area contributed by atoms with Crippen molar-refractivity contribution in [1.82, 2.24) is 0 Å². The number of rotatable bonds is 2. The Morgan fingerprint density at radius 1 is 0.762 bits per heavy atom. The van der Waals surface area contributed by atoms with Crippen molar-refractivity contribution in [3.8, 4) is 0 Å². The van der Waals surface area contributed by atoms with Crippen LogP contribution >= 0.6 is 0 Å². The second-order valence-electron chi connectivity index (χ2n) is 4.18. The molecule has 0 saturated carbocycles. The van der Waals surface area contributed by atoms with Crippen LogP contribution in [0, 0.1) is 36.0 Å². The van der Waals surface area contributed by atoms with Gasteiger partial charge < -0.3 is 0 Å². The maximum absolute atomic E-state index is 13.7. The monoisotopic (exact) mass is 303 g/mol. The van der Waals surface area contributed by atoms with Gasteiger partial charge in [-0.1, -0.05) is 17.7 Å². The summed E-state index contributed by atoms with van der Waals surface area (Å²) >= 11 is 0. The highest BCUT2D eigenvalue weighted by Gasteiger charge is 2.28. The fraction of sp³-hybridized carbons (Fsp3) is 0.0714. The van der Waals surface area contributed by atoms with E-state index in [1.807, 2.05) is 0 Å². The molecule has 0 heterocycles. The first kappa shape index (κ1) is 15.1. The molecule has 0 radical (unpaired) electrons. The van der Waals surface area contributed by atoms with Crippen LogP contribution in [0.5, 0.6) is 0 Å². The van der Waals surface area contributed by atoms with Crippen LogP contribution in [-0.2, 0) is 0 Å². The molecule has 0 aliphatic rings. The molecule has 0 aromatic heterocycles. The largest absolute Gasteiger partial charge is 0.226 e. The Bertz CT molecular complexity index is 692. The predicted octanol–water partition coefficient (Wildman–Crippen LogP) is 4.74. The fourth-order valence-corrected chi connectivity index (χ4v) is 1.57. The van der Waals surface area contributed by atoms with Crippen LogP contribution in [0.4, 0.5) is 32.0 Å². The van der Waals surface area contributed by atoms with Crippen LogP contribution in [0.15, 0.2) is 29.3 Å². The molecule has 2 rings (SSSR count). The summed E-state index contributed by atoms with van der Waals surface area (Å²) in [5.41, 5.74) is -0.889. The number of benzene rings is 2. The van der Waals surface area contributed by atoms with Crippen molar-refractivity contribution in [3.63, 3.8) is 0 Å². The van der Waals surface area contributed by atoms with Gasteiger partial charge in [0.15, 0.2) is 23.3 Å². The molecule has 21 heavy (non-hydrogen) atoms. The van der Waals surface area contributed by atoms with Crippen LogP contribution in [0.3, 0.4) is 0 Å². The molecule has 0 bridgehead atoms. The van der Waals surface area contributed by atoms with Crippen LogP contribution in [0.25, 0.3) is 0 Å². The molecular formula is C14H7F6N. The Morgan fingerprint density at radius 3 is 1.67 bits per heavy atom. The summed E-state index contributed by atoms with van der Waals surface area (Å²) in [6, 6.07) is 5.76. The highest BCUT2D eigenvalue weighted by molar-refractivity contribution is 5.95. The number of halogens is 6. The lowest BCUT2D eigenvalue weighted by Crippen LogP contribution is -2.10. The first-order valence-corrected chi connectivity index (χ1v) is 5.65. The van der Waals surface area contributed by atoms with E-state index in [1.165, 1.54) is 12.1 Å². The zero-order valence-corrected chi connectivity index (χ0v) is 10.5. The van der Waals surface area contributed by atoms with Crippen molar-refractivity contribution in [2.75, 3.05) is 0 Å². The summed E-state index contributed by atoms with van der Waals surface area (Å²) in [6.07, 6.45) is 0. The van der Waals surface area contributed by atoms with E-state index < -0.39 is 40.6 Å². The second kappa shape index (κ2) is 5.59. The Morgan fingerprint density at radius 2 is 1.19 bits per heavy atom. The minimum absolute atomic E-state index is 0.0259. The van der Waals surface area contributed by atoms with Gasteiger partial charge in [-0.15, -0.1) is 0 Å². The Kier molecular flexibility index (Phi) is 4.02. The topological polar surface area (TPSA) is 12.4 Å². The van der Waals surface area contributed by atoms with Gasteiger partial charge >= 0.3 is 0 Å². The maximum atomic E-state index is 13.7. The van der Waals surface area contributed by atoms with Crippen LogP contribution < -0.4 is 0 Å². The number of hydrogen-bond donors (Lipinski definition) is 0. The van der Waals surface area contributed by atoms with E-state index in [4.69, 9.17) is 0 Å². The van der Waals surface area contributed by atoms with Crippen molar-refractivity contribution >= 4 is 11.7 Å².